The number of hydrogen-bond acceptors (Lipinski definition) is 2. The number of hydrogen-bond donors (Lipinski definition) is 1. The van der Waals surface area contributed by atoms with Crippen molar-refractivity contribution in [2.45, 2.75) is 32.9 Å². The van der Waals surface area contributed by atoms with Crippen LogP contribution in [-0.4, -0.2) is 25.0 Å². The first-order valence-corrected chi connectivity index (χ1v) is 6.08. The lowest BCUT2D eigenvalue weighted by Crippen LogP contribution is -2.45. The van der Waals surface area contributed by atoms with E-state index in [-0.39, 0.29) is 18.0 Å². The average molecular weight is 255 g/mol. The lowest BCUT2D eigenvalue weighted by atomic mass is 10.2. The van der Waals surface area contributed by atoms with E-state index < -0.39 is 0 Å². The summed E-state index contributed by atoms with van der Waals surface area (Å²) in [6, 6.07) is 7.34. The average Bonchev–Trinajstić information content (AvgIpc) is 2.26. The Morgan fingerprint density at radius 3 is 2.53 bits per heavy atom. The molecule has 1 aromatic carbocycles. The second kappa shape index (κ2) is 6.03. The molecule has 0 heterocycles. The highest BCUT2D eigenvalue weighted by atomic mass is 35.5. The molecule has 94 valence electrons. The zero-order chi connectivity index (χ0) is 13.0. The zero-order valence-electron chi connectivity index (χ0n) is 10.7. The van der Waals surface area contributed by atoms with Crippen LogP contribution in [-0.2, 0) is 4.79 Å². The highest BCUT2D eigenvalue weighted by Crippen LogP contribution is 2.18. The van der Waals surface area contributed by atoms with Crippen LogP contribution in [0.4, 0.5) is 5.69 Å². The molecule has 0 spiro atoms. The number of rotatable bonds is 4. The summed E-state index contributed by atoms with van der Waals surface area (Å²) in [7, 11) is 1.76. The Morgan fingerprint density at radius 2 is 2.00 bits per heavy atom. The van der Waals surface area contributed by atoms with Crippen LogP contribution in [0.2, 0.25) is 5.02 Å². The molecular weight excluding hydrogens is 236 g/mol. The third-order valence-corrected chi connectivity index (χ3v) is 2.71. The molecule has 1 atom stereocenters. The molecule has 3 nitrogen and oxygen atoms in total. The topological polar surface area (TPSA) is 32.3 Å². The fourth-order valence-corrected chi connectivity index (χ4v) is 1.86. The van der Waals surface area contributed by atoms with Gasteiger partial charge in [-0.2, -0.15) is 0 Å². The molecular formula is C13H19ClN2O. The summed E-state index contributed by atoms with van der Waals surface area (Å²) in [6.07, 6.45) is 0. The van der Waals surface area contributed by atoms with Crippen molar-refractivity contribution in [3.63, 3.8) is 0 Å². The first kappa shape index (κ1) is 14.0. The first-order valence-electron chi connectivity index (χ1n) is 5.71. The number of benzene rings is 1. The highest BCUT2D eigenvalue weighted by Gasteiger charge is 2.18. The van der Waals surface area contributed by atoms with E-state index in [0.29, 0.717) is 5.02 Å². The van der Waals surface area contributed by atoms with Gasteiger partial charge in [0.1, 0.15) is 0 Å². The van der Waals surface area contributed by atoms with Crippen LogP contribution < -0.4 is 10.2 Å². The summed E-state index contributed by atoms with van der Waals surface area (Å²) in [4.78, 5) is 13.7. The van der Waals surface area contributed by atoms with Gasteiger partial charge in [0.05, 0.1) is 6.04 Å². The number of likely N-dealkylation sites (N-methyl/N-ethyl adjacent to an activating group) is 1. The largest absolute Gasteiger partial charge is 0.314 e. The summed E-state index contributed by atoms with van der Waals surface area (Å²) < 4.78 is 0. The molecule has 1 rings (SSSR count). The summed E-state index contributed by atoms with van der Waals surface area (Å²) in [5.74, 6) is 0.0287. The zero-order valence-corrected chi connectivity index (χ0v) is 11.5. The summed E-state index contributed by atoms with van der Waals surface area (Å²) in [6.45, 7) is 5.90. The third kappa shape index (κ3) is 4.02. The van der Waals surface area contributed by atoms with E-state index in [1.807, 2.05) is 32.9 Å². The van der Waals surface area contributed by atoms with Crippen LogP contribution in [0.3, 0.4) is 0 Å². The molecule has 0 unspecified atom stereocenters. The Bertz CT molecular complexity index is 393. The van der Waals surface area contributed by atoms with Gasteiger partial charge in [0, 0.05) is 23.8 Å². The summed E-state index contributed by atoms with van der Waals surface area (Å²) in [5.41, 5.74) is 0.805. The van der Waals surface area contributed by atoms with Gasteiger partial charge in [-0.05, 0) is 25.1 Å². The van der Waals surface area contributed by atoms with Crippen LogP contribution in [0.5, 0.6) is 0 Å². The van der Waals surface area contributed by atoms with Crippen molar-refractivity contribution < 1.29 is 4.79 Å². The molecule has 0 saturated carbocycles. The minimum Gasteiger partial charge on any atom is -0.314 e. The maximum absolute atomic E-state index is 12.1. The Kier molecular flexibility index (Phi) is 4.97. The van der Waals surface area contributed by atoms with Gasteiger partial charge < -0.3 is 10.2 Å². The van der Waals surface area contributed by atoms with E-state index in [9.17, 15) is 4.79 Å². The number of carbonyl (C=O) groups is 1. The minimum absolute atomic E-state index is 0.0287. The van der Waals surface area contributed by atoms with Crippen molar-refractivity contribution in [3.8, 4) is 0 Å². The quantitative estimate of drug-likeness (QED) is 0.896. The molecule has 0 aliphatic carbocycles. The standard InChI is InChI=1S/C13H19ClN2O/c1-9(2)15-10(3)13(17)16(4)12-7-5-6-11(14)8-12/h5-10,15H,1-4H3/t10-/m0/s1. The molecule has 4 heteroatoms. The summed E-state index contributed by atoms with van der Waals surface area (Å²) in [5, 5.41) is 3.81. The van der Waals surface area contributed by atoms with Gasteiger partial charge in [0.15, 0.2) is 0 Å². The van der Waals surface area contributed by atoms with E-state index in [2.05, 4.69) is 5.32 Å². The lowest BCUT2D eigenvalue weighted by Gasteiger charge is -2.23. The highest BCUT2D eigenvalue weighted by molar-refractivity contribution is 6.30. The SMILES string of the molecule is CC(C)N[C@@H](C)C(=O)N(C)c1cccc(Cl)c1. The molecule has 0 bridgehead atoms. The number of halogens is 1. The molecule has 1 amide bonds. The number of nitrogens with one attached hydrogen (secondary N) is 1. The van der Waals surface area contributed by atoms with Crippen LogP contribution in [0.1, 0.15) is 20.8 Å². The monoisotopic (exact) mass is 254 g/mol. The molecule has 0 aliphatic heterocycles. The number of amides is 1. The van der Waals surface area contributed by atoms with Gasteiger partial charge in [-0.3, -0.25) is 4.79 Å². The summed E-state index contributed by atoms with van der Waals surface area (Å²) >= 11 is 5.90. The maximum Gasteiger partial charge on any atom is 0.243 e. The van der Waals surface area contributed by atoms with Crippen molar-refractivity contribution >= 4 is 23.2 Å². The normalized spacial score (nSPS) is 12.6. The van der Waals surface area contributed by atoms with Gasteiger partial charge in [0.25, 0.3) is 0 Å². The lowest BCUT2D eigenvalue weighted by molar-refractivity contribution is -0.120. The van der Waals surface area contributed by atoms with Gasteiger partial charge >= 0.3 is 0 Å². The Balaban J connectivity index is 2.76. The fraction of sp³-hybridized carbons (Fsp3) is 0.462. The maximum atomic E-state index is 12.1. The van der Waals surface area contributed by atoms with E-state index in [4.69, 9.17) is 11.6 Å². The minimum atomic E-state index is -0.209. The van der Waals surface area contributed by atoms with Crippen LogP contribution in [0.15, 0.2) is 24.3 Å². The molecule has 0 aliphatic rings. The molecule has 1 N–H and O–H groups in total. The molecule has 0 radical (unpaired) electrons. The van der Waals surface area contributed by atoms with E-state index in [0.717, 1.165) is 5.69 Å². The molecule has 17 heavy (non-hydrogen) atoms. The predicted molar refractivity (Wildman–Crippen MR) is 72.6 cm³/mol. The van der Waals surface area contributed by atoms with E-state index >= 15 is 0 Å². The number of nitrogens with zero attached hydrogens (tertiary/aromatic N) is 1. The molecule has 0 saturated heterocycles. The number of carbonyl (C=O) groups excluding carboxylic acids is 1. The molecule has 1 aromatic rings. The van der Waals surface area contributed by atoms with Gasteiger partial charge in [-0.25, -0.2) is 0 Å². The van der Waals surface area contributed by atoms with Crippen molar-refractivity contribution in [1.82, 2.24) is 5.32 Å². The second-order valence-electron chi connectivity index (χ2n) is 4.42. The van der Waals surface area contributed by atoms with Crippen molar-refractivity contribution in [1.29, 1.82) is 0 Å². The Labute approximate surface area is 108 Å². The van der Waals surface area contributed by atoms with E-state index in [1.165, 1.54) is 0 Å². The van der Waals surface area contributed by atoms with Crippen LogP contribution in [0, 0.1) is 0 Å². The predicted octanol–water partition coefficient (Wildman–Crippen LogP) is 2.69. The molecule has 0 fully saturated rings. The first-order chi connectivity index (χ1) is 7.91. The van der Waals surface area contributed by atoms with Gasteiger partial charge in [0.2, 0.25) is 5.91 Å². The smallest absolute Gasteiger partial charge is 0.243 e. The Hall–Kier alpha value is -1.06. The van der Waals surface area contributed by atoms with Crippen LogP contribution in [0.25, 0.3) is 0 Å². The van der Waals surface area contributed by atoms with Crippen molar-refractivity contribution in [3.05, 3.63) is 29.3 Å². The van der Waals surface area contributed by atoms with Crippen LogP contribution >= 0.6 is 11.6 Å². The third-order valence-electron chi connectivity index (χ3n) is 2.48. The Morgan fingerprint density at radius 1 is 1.35 bits per heavy atom. The van der Waals surface area contributed by atoms with Crippen molar-refractivity contribution in [2.24, 2.45) is 0 Å². The molecule has 0 aromatic heterocycles. The van der Waals surface area contributed by atoms with Gasteiger partial charge in [-0.15, -0.1) is 0 Å². The fourth-order valence-electron chi connectivity index (χ4n) is 1.67. The second-order valence-corrected chi connectivity index (χ2v) is 4.86. The van der Waals surface area contributed by atoms with E-state index in [1.54, 1.807) is 24.1 Å². The van der Waals surface area contributed by atoms with Crippen molar-refractivity contribution in [2.75, 3.05) is 11.9 Å². The van der Waals surface area contributed by atoms with Gasteiger partial charge in [-0.1, -0.05) is 31.5 Å². The number of anilines is 1.